The number of carbonyl (C=O) groups is 4. The van der Waals surface area contributed by atoms with E-state index in [2.05, 4.69) is 16.0 Å². The number of hydrogen-bond donors (Lipinski definition) is 5. The molecule has 2 aliphatic rings. The summed E-state index contributed by atoms with van der Waals surface area (Å²) in [4.78, 5) is 61.5. The van der Waals surface area contributed by atoms with E-state index in [4.69, 9.17) is 15.0 Å². The Hall–Kier alpha value is -1.85. The Balaban J connectivity index is 2.06. The molecule has 39 heavy (non-hydrogen) atoms. The number of amides is 2. The minimum Gasteiger partial charge on any atom is -0.390 e. The second-order valence-corrected chi connectivity index (χ2v) is 12.5. The third kappa shape index (κ3) is 11.3. The molecule has 1 saturated carbocycles. The molecule has 1 heterocycles. The summed E-state index contributed by atoms with van der Waals surface area (Å²) in [6.45, 7) is 4.19. The first-order chi connectivity index (χ1) is 18.6. The van der Waals surface area contributed by atoms with E-state index < -0.39 is 49.4 Å². The summed E-state index contributed by atoms with van der Waals surface area (Å²) in [6.07, 6.45) is 7.28. The molecule has 1 saturated heterocycles. The molecule has 0 aromatic rings. The third-order valence-electron chi connectivity index (χ3n) is 7.28. The molecule has 2 rings (SSSR count). The van der Waals surface area contributed by atoms with Gasteiger partial charge in [-0.3, -0.25) is 18.7 Å². The molecule has 224 valence electrons. The van der Waals surface area contributed by atoms with Crippen LogP contribution in [-0.2, 0) is 33.0 Å². The van der Waals surface area contributed by atoms with E-state index in [0.29, 0.717) is 51.6 Å². The zero-order valence-electron chi connectivity index (χ0n) is 23.3. The minimum absolute atomic E-state index is 0.120. The molecule has 4 unspecified atom stereocenters. The van der Waals surface area contributed by atoms with Crippen LogP contribution in [0.5, 0.6) is 0 Å². The molecular formula is C26H47N4O8P. The number of carbonyl (C=O) groups excluding carboxylic acids is 4. The maximum absolute atomic E-state index is 13.3. The summed E-state index contributed by atoms with van der Waals surface area (Å²) in [6, 6.07) is -1.49. The number of nitrogens with two attached hydrogens (primary N) is 1. The first-order valence-electron chi connectivity index (χ1n) is 14.4. The SMILES string of the molecule is CCCCC(NC(=O)C(CCCCN)NC(=O)C1CCCCC1)P(=O)(O)OC(C)C(=O)OC(=O)[C@@H]1CCCN1. The lowest BCUT2D eigenvalue weighted by Gasteiger charge is -2.29. The predicted octanol–water partition coefficient (Wildman–Crippen LogP) is 2.23. The van der Waals surface area contributed by atoms with Crippen molar-refractivity contribution in [3.63, 3.8) is 0 Å². The zero-order chi connectivity index (χ0) is 28.8. The standard InChI is InChI=1S/C26H47N4O8P/c1-3-4-15-22(39(35,36)38-18(2)25(33)37-26(34)21-14-10-17-28-21)30-24(32)20(13-8-9-16-27)29-23(31)19-11-6-5-7-12-19/h18-22,28H,3-17,27H2,1-2H3,(H,29,31)(H,30,32)(H,35,36)/t18?,20?,21-,22?/m0/s1. The molecule has 2 amide bonds. The van der Waals surface area contributed by atoms with Gasteiger partial charge < -0.3 is 31.3 Å². The van der Waals surface area contributed by atoms with Crippen LogP contribution in [0.4, 0.5) is 0 Å². The van der Waals surface area contributed by atoms with Gasteiger partial charge in [0.25, 0.3) is 0 Å². The molecule has 2 fully saturated rings. The first-order valence-corrected chi connectivity index (χ1v) is 16.0. The summed E-state index contributed by atoms with van der Waals surface area (Å²) >= 11 is 0. The van der Waals surface area contributed by atoms with Crippen molar-refractivity contribution >= 4 is 31.3 Å². The summed E-state index contributed by atoms with van der Waals surface area (Å²) < 4.78 is 23.3. The van der Waals surface area contributed by atoms with E-state index in [1.165, 1.54) is 6.92 Å². The van der Waals surface area contributed by atoms with Gasteiger partial charge in [-0.25, -0.2) is 9.59 Å². The van der Waals surface area contributed by atoms with Crippen molar-refractivity contribution in [3.8, 4) is 0 Å². The lowest BCUT2D eigenvalue weighted by molar-refractivity contribution is -0.165. The van der Waals surface area contributed by atoms with Gasteiger partial charge in [-0.2, -0.15) is 0 Å². The van der Waals surface area contributed by atoms with E-state index >= 15 is 0 Å². The van der Waals surface area contributed by atoms with Crippen molar-refractivity contribution in [3.05, 3.63) is 0 Å². The second-order valence-electron chi connectivity index (χ2n) is 10.5. The maximum atomic E-state index is 13.3. The average Bonchev–Trinajstić information content (AvgIpc) is 3.46. The van der Waals surface area contributed by atoms with Crippen LogP contribution >= 0.6 is 7.60 Å². The molecule has 0 bridgehead atoms. The first kappa shape index (κ1) is 33.4. The van der Waals surface area contributed by atoms with Crippen LogP contribution in [-0.4, -0.2) is 65.7 Å². The minimum atomic E-state index is -4.59. The van der Waals surface area contributed by atoms with E-state index in [-0.39, 0.29) is 18.2 Å². The molecule has 0 aromatic carbocycles. The van der Waals surface area contributed by atoms with Crippen molar-refractivity contribution in [2.24, 2.45) is 11.7 Å². The largest absolute Gasteiger partial charge is 0.390 e. The van der Waals surface area contributed by atoms with Crippen LogP contribution in [0.25, 0.3) is 0 Å². The lowest BCUT2D eigenvalue weighted by Crippen LogP contribution is -2.51. The van der Waals surface area contributed by atoms with E-state index in [9.17, 15) is 28.6 Å². The molecule has 0 spiro atoms. The van der Waals surface area contributed by atoms with Crippen molar-refractivity contribution < 1.29 is 37.9 Å². The highest BCUT2D eigenvalue weighted by atomic mass is 31.2. The Morgan fingerprint density at radius 2 is 1.74 bits per heavy atom. The summed E-state index contributed by atoms with van der Waals surface area (Å²) in [5.41, 5.74) is 5.60. The number of unbranched alkanes of at least 4 members (excludes halogenated alkanes) is 2. The second kappa shape index (κ2) is 17.1. The van der Waals surface area contributed by atoms with Crippen LogP contribution in [0.1, 0.15) is 97.3 Å². The Morgan fingerprint density at radius 3 is 2.36 bits per heavy atom. The van der Waals surface area contributed by atoms with Crippen LogP contribution in [0, 0.1) is 5.92 Å². The summed E-state index contributed by atoms with van der Waals surface area (Å²) in [7, 11) is -4.59. The van der Waals surface area contributed by atoms with Crippen LogP contribution in [0.15, 0.2) is 0 Å². The highest BCUT2D eigenvalue weighted by molar-refractivity contribution is 7.53. The molecular weight excluding hydrogens is 527 g/mol. The van der Waals surface area contributed by atoms with Gasteiger partial charge in [-0.05, 0) is 71.4 Å². The van der Waals surface area contributed by atoms with Gasteiger partial charge >= 0.3 is 19.5 Å². The van der Waals surface area contributed by atoms with Gasteiger partial charge in [0.05, 0.1) is 0 Å². The van der Waals surface area contributed by atoms with Gasteiger partial charge in [-0.15, -0.1) is 0 Å². The van der Waals surface area contributed by atoms with Crippen molar-refractivity contribution in [1.29, 1.82) is 0 Å². The van der Waals surface area contributed by atoms with Gasteiger partial charge in [0.1, 0.15) is 17.9 Å². The monoisotopic (exact) mass is 574 g/mol. The number of nitrogens with one attached hydrogen (secondary N) is 3. The Kier molecular flexibility index (Phi) is 14.6. The molecule has 1 aliphatic heterocycles. The third-order valence-corrected chi connectivity index (χ3v) is 9.07. The fraction of sp³-hybridized carbons (Fsp3) is 0.846. The molecule has 5 atom stereocenters. The van der Waals surface area contributed by atoms with Crippen LogP contribution < -0.4 is 21.7 Å². The Morgan fingerprint density at radius 1 is 1.03 bits per heavy atom. The van der Waals surface area contributed by atoms with Crippen LogP contribution in [0.2, 0.25) is 0 Å². The highest BCUT2D eigenvalue weighted by Crippen LogP contribution is 2.49. The van der Waals surface area contributed by atoms with Crippen molar-refractivity contribution in [2.75, 3.05) is 13.1 Å². The summed E-state index contributed by atoms with van der Waals surface area (Å²) in [5.74, 6) is -4.08. The van der Waals surface area contributed by atoms with E-state index in [1.807, 2.05) is 6.92 Å². The maximum Gasteiger partial charge on any atom is 0.351 e. The van der Waals surface area contributed by atoms with E-state index in [0.717, 1.165) is 38.5 Å². The fourth-order valence-electron chi connectivity index (χ4n) is 4.88. The fourth-order valence-corrected chi connectivity index (χ4v) is 6.36. The van der Waals surface area contributed by atoms with E-state index in [1.54, 1.807) is 0 Å². The van der Waals surface area contributed by atoms with Gasteiger partial charge in [0.2, 0.25) is 11.8 Å². The highest BCUT2D eigenvalue weighted by Gasteiger charge is 2.39. The van der Waals surface area contributed by atoms with Gasteiger partial charge in [-0.1, -0.05) is 39.0 Å². The summed E-state index contributed by atoms with van der Waals surface area (Å²) in [5, 5.41) is 8.37. The Labute approximate surface area is 231 Å². The molecule has 6 N–H and O–H groups in total. The molecule has 1 aliphatic carbocycles. The molecule has 0 aromatic heterocycles. The lowest BCUT2D eigenvalue weighted by atomic mass is 9.88. The average molecular weight is 575 g/mol. The smallest absolute Gasteiger partial charge is 0.351 e. The normalized spacial score (nSPS) is 21.8. The van der Waals surface area contributed by atoms with Crippen molar-refractivity contribution in [2.45, 2.75) is 121 Å². The number of hydrogen-bond acceptors (Lipinski definition) is 9. The predicted molar refractivity (Wildman–Crippen MR) is 145 cm³/mol. The Bertz CT molecular complexity index is 861. The number of ether oxygens (including phenoxy) is 1. The topological polar surface area (TPSA) is 186 Å². The zero-order valence-corrected chi connectivity index (χ0v) is 24.2. The molecule has 0 radical (unpaired) electrons. The molecule has 13 heteroatoms. The number of esters is 2. The quantitative estimate of drug-likeness (QED) is 0.0792. The molecule has 12 nitrogen and oxygen atoms in total. The van der Waals surface area contributed by atoms with Crippen molar-refractivity contribution in [1.82, 2.24) is 16.0 Å². The van der Waals surface area contributed by atoms with Crippen LogP contribution in [0.3, 0.4) is 0 Å². The van der Waals surface area contributed by atoms with Gasteiger partial charge in [0, 0.05) is 5.92 Å². The number of rotatable bonds is 16. The van der Waals surface area contributed by atoms with Gasteiger partial charge in [0.15, 0.2) is 6.10 Å².